The molecule has 19 heavy (non-hydrogen) atoms. The third-order valence-electron chi connectivity index (χ3n) is 2.62. The Balaban J connectivity index is 3.11. The van der Waals surface area contributed by atoms with Gasteiger partial charge in [0, 0.05) is 20.2 Å². The zero-order valence-corrected chi connectivity index (χ0v) is 10.8. The van der Waals surface area contributed by atoms with Crippen molar-refractivity contribution in [2.24, 2.45) is 0 Å². The van der Waals surface area contributed by atoms with Crippen LogP contribution in [0, 0.1) is 11.3 Å². The van der Waals surface area contributed by atoms with Gasteiger partial charge in [-0.25, -0.2) is 4.79 Å². The van der Waals surface area contributed by atoms with E-state index in [0.717, 1.165) is 0 Å². The minimum Gasteiger partial charge on any atom is -0.478 e. The minimum atomic E-state index is -1.05. The Morgan fingerprint density at radius 1 is 1.63 bits per heavy atom. The second-order valence-electron chi connectivity index (χ2n) is 3.88. The average molecular weight is 260 g/mol. The minimum absolute atomic E-state index is 0.102. The van der Waals surface area contributed by atoms with Gasteiger partial charge in [-0.3, -0.25) is 0 Å². The van der Waals surface area contributed by atoms with Crippen molar-refractivity contribution in [3.63, 3.8) is 0 Å². The number of carboxylic acid groups (broad SMARTS) is 1. The summed E-state index contributed by atoms with van der Waals surface area (Å²) < 4.78 is 5.02. The summed E-state index contributed by atoms with van der Waals surface area (Å²) in [6.07, 6.45) is 1.72. The lowest BCUT2D eigenvalue weighted by atomic mass is 10.1. The molecular weight excluding hydrogens is 244 g/mol. The SMILES string of the molecule is C=CCN(CCOC)c1ccc(C(=O)O)cc1C#N. The number of hydrogen-bond acceptors (Lipinski definition) is 4. The molecule has 0 saturated heterocycles. The van der Waals surface area contributed by atoms with Crippen molar-refractivity contribution in [2.75, 3.05) is 31.7 Å². The van der Waals surface area contributed by atoms with Crippen molar-refractivity contribution in [1.82, 2.24) is 0 Å². The topological polar surface area (TPSA) is 73.6 Å². The molecule has 0 heterocycles. The largest absolute Gasteiger partial charge is 0.478 e. The van der Waals surface area contributed by atoms with Crippen LogP contribution in [0.5, 0.6) is 0 Å². The van der Waals surface area contributed by atoms with E-state index < -0.39 is 5.97 Å². The van der Waals surface area contributed by atoms with Crippen LogP contribution in [0.25, 0.3) is 0 Å². The summed E-state index contributed by atoms with van der Waals surface area (Å²) in [5, 5.41) is 18.1. The van der Waals surface area contributed by atoms with Crippen LogP contribution in [0.3, 0.4) is 0 Å². The number of rotatable bonds is 7. The highest BCUT2D eigenvalue weighted by Crippen LogP contribution is 2.21. The van der Waals surface area contributed by atoms with E-state index in [-0.39, 0.29) is 5.56 Å². The van der Waals surface area contributed by atoms with E-state index in [1.807, 2.05) is 11.0 Å². The zero-order chi connectivity index (χ0) is 14.3. The number of methoxy groups -OCH3 is 1. The Hall–Kier alpha value is -2.32. The van der Waals surface area contributed by atoms with Gasteiger partial charge in [0.25, 0.3) is 0 Å². The summed E-state index contributed by atoms with van der Waals surface area (Å²) in [5.74, 6) is -1.05. The highest BCUT2D eigenvalue weighted by atomic mass is 16.5. The summed E-state index contributed by atoms with van der Waals surface area (Å²) >= 11 is 0. The first kappa shape index (κ1) is 14.7. The van der Waals surface area contributed by atoms with Crippen molar-refractivity contribution >= 4 is 11.7 Å². The monoisotopic (exact) mass is 260 g/mol. The fourth-order valence-corrected chi connectivity index (χ4v) is 1.70. The molecule has 1 N–H and O–H groups in total. The third kappa shape index (κ3) is 3.83. The predicted octanol–water partition coefficient (Wildman–Crippen LogP) is 1.90. The number of aromatic carboxylic acids is 1. The molecule has 0 spiro atoms. The van der Waals surface area contributed by atoms with Gasteiger partial charge in [0.1, 0.15) is 6.07 Å². The van der Waals surface area contributed by atoms with Crippen molar-refractivity contribution < 1.29 is 14.6 Å². The third-order valence-corrected chi connectivity index (χ3v) is 2.62. The number of hydrogen-bond donors (Lipinski definition) is 1. The van der Waals surface area contributed by atoms with Crippen LogP contribution < -0.4 is 4.90 Å². The summed E-state index contributed by atoms with van der Waals surface area (Å²) in [6, 6.07) is 6.53. The first-order valence-corrected chi connectivity index (χ1v) is 5.76. The summed E-state index contributed by atoms with van der Waals surface area (Å²) in [5.41, 5.74) is 1.12. The number of benzene rings is 1. The molecule has 0 atom stereocenters. The van der Waals surface area contributed by atoms with Crippen LogP contribution in [-0.4, -0.2) is 37.9 Å². The van der Waals surface area contributed by atoms with Gasteiger partial charge in [0.05, 0.1) is 23.4 Å². The van der Waals surface area contributed by atoms with Crippen molar-refractivity contribution in [1.29, 1.82) is 5.26 Å². The number of carbonyl (C=O) groups is 1. The molecule has 1 rings (SSSR count). The van der Waals surface area contributed by atoms with Gasteiger partial charge in [-0.1, -0.05) is 6.08 Å². The molecule has 0 aromatic heterocycles. The Bertz CT molecular complexity index is 506. The van der Waals surface area contributed by atoms with Crippen LogP contribution in [-0.2, 0) is 4.74 Å². The van der Waals surface area contributed by atoms with Gasteiger partial charge in [0.2, 0.25) is 0 Å². The molecule has 5 nitrogen and oxygen atoms in total. The summed E-state index contributed by atoms with van der Waals surface area (Å²) in [6.45, 7) is 5.35. The van der Waals surface area contributed by atoms with E-state index in [1.54, 1.807) is 19.3 Å². The first-order chi connectivity index (χ1) is 9.13. The van der Waals surface area contributed by atoms with Crippen molar-refractivity contribution in [3.05, 3.63) is 42.0 Å². The van der Waals surface area contributed by atoms with E-state index in [0.29, 0.717) is 30.9 Å². The van der Waals surface area contributed by atoms with E-state index in [9.17, 15) is 4.79 Å². The number of nitrogens with zero attached hydrogens (tertiary/aromatic N) is 2. The molecule has 0 bridgehead atoms. The Labute approximate surface area is 112 Å². The lowest BCUT2D eigenvalue weighted by molar-refractivity contribution is 0.0697. The molecule has 5 heteroatoms. The quantitative estimate of drug-likeness (QED) is 0.758. The molecular formula is C14H16N2O3. The van der Waals surface area contributed by atoms with Gasteiger partial charge in [-0.2, -0.15) is 5.26 Å². The fourth-order valence-electron chi connectivity index (χ4n) is 1.70. The molecule has 0 aliphatic heterocycles. The maximum atomic E-state index is 10.9. The van der Waals surface area contributed by atoms with Crippen LogP contribution in [0.15, 0.2) is 30.9 Å². The molecule has 100 valence electrons. The van der Waals surface area contributed by atoms with Crippen LogP contribution in [0.4, 0.5) is 5.69 Å². The molecule has 0 unspecified atom stereocenters. The van der Waals surface area contributed by atoms with Gasteiger partial charge in [-0.15, -0.1) is 6.58 Å². The molecule has 0 saturated carbocycles. The van der Waals surface area contributed by atoms with Crippen LogP contribution >= 0.6 is 0 Å². The number of ether oxygens (including phenoxy) is 1. The van der Waals surface area contributed by atoms with Gasteiger partial charge >= 0.3 is 5.97 Å². The predicted molar refractivity (Wildman–Crippen MR) is 72.4 cm³/mol. The number of nitriles is 1. The van der Waals surface area contributed by atoms with E-state index in [4.69, 9.17) is 15.1 Å². The lowest BCUT2D eigenvalue weighted by Crippen LogP contribution is -2.28. The molecule has 0 radical (unpaired) electrons. The second-order valence-corrected chi connectivity index (χ2v) is 3.88. The smallest absolute Gasteiger partial charge is 0.335 e. The van der Waals surface area contributed by atoms with Gasteiger partial charge in [-0.05, 0) is 18.2 Å². The van der Waals surface area contributed by atoms with Crippen LogP contribution in [0.1, 0.15) is 15.9 Å². The highest BCUT2D eigenvalue weighted by molar-refractivity contribution is 5.89. The Kier molecular flexibility index (Phi) is 5.58. The molecule has 0 amide bonds. The second kappa shape index (κ2) is 7.19. The number of anilines is 1. The number of carboxylic acids is 1. The normalized spacial score (nSPS) is 9.68. The molecule has 1 aromatic rings. The molecule has 0 aliphatic rings. The first-order valence-electron chi connectivity index (χ1n) is 5.76. The maximum absolute atomic E-state index is 10.9. The summed E-state index contributed by atoms with van der Waals surface area (Å²) in [4.78, 5) is 12.8. The standard InChI is InChI=1S/C14H16N2O3/c1-3-6-16(7-8-19-2)13-5-4-11(14(17)18)9-12(13)10-15/h3-5,9H,1,6-8H2,2H3,(H,17,18). The zero-order valence-electron chi connectivity index (χ0n) is 10.8. The molecule has 0 aliphatic carbocycles. The van der Waals surface area contributed by atoms with E-state index in [2.05, 4.69) is 6.58 Å². The van der Waals surface area contributed by atoms with Crippen molar-refractivity contribution in [3.8, 4) is 6.07 Å². The van der Waals surface area contributed by atoms with Gasteiger partial charge in [0.15, 0.2) is 0 Å². The van der Waals surface area contributed by atoms with E-state index in [1.165, 1.54) is 12.1 Å². The Morgan fingerprint density at radius 3 is 2.89 bits per heavy atom. The lowest BCUT2D eigenvalue weighted by Gasteiger charge is -2.24. The fraction of sp³-hybridized carbons (Fsp3) is 0.286. The molecule has 1 aromatic carbocycles. The van der Waals surface area contributed by atoms with Gasteiger partial charge < -0.3 is 14.7 Å². The average Bonchev–Trinajstić information content (AvgIpc) is 2.42. The maximum Gasteiger partial charge on any atom is 0.335 e. The molecule has 0 fully saturated rings. The van der Waals surface area contributed by atoms with Crippen LogP contribution in [0.2, 0.25) is 0 Å². The van der Waals surface area contributed by atoms with E-state index >= 15 is 0 Å². The highest BCUT2D eigenvalue weighted by Gasteiger charge is 2.13. The summed E-state index contributed by atoms with van der Waals surface area (Å²) in [7, 11) is 1.60. The van der Waals surface area contributed by atoms with Crippen molar-refractivity contribution in [2.45, 2.75) is 0 Å². The Morgan fingerprint density at radius 2 is 2.37 bits per heavy atom.